The first kappa shape index (κ1) is 12.8. The van der Waals surface area contributed by atoms with Gasteiger partial charge in [-0.2, -0.15) is 0 Å². The number of amides is 3. The quantitative estimate of drug-likeness (QED) is 0.432. The van der Waals surface area contributed by atoms with Crippen LogP contribution in [-0.4, -0.2) is 25.0 Å². The van der Waals surface area contributed by atoms with Gasteiger partial charge < -0.3 is 22.1 Å². The highest BCUT2D eigenvalue weighted by molar-refractivity contribution is 5.99. The van der Waals surface area contributed by atoms with Gasteiger partial charge in [-0.15, -0.1) is 0 Å². The van der Waals surface area contributed by atoms with Gasteiger partial charge in [0.25, 0.3) is 5.91 Å². The standard InChI is InChI=1S/C10H13FN4O2/c11-6-1-2-7(8(12)5-6)9(16)14-3-4-15-10(13)17/h1-2,5H,3-4,12H2,(H,14,16)(H3,13,15,17). The van der Waals surface area contributed by atoms with Crippen molar-refractivity contribution in [3.63, 3.8) is 0 Å². The molecule has 1 rings (SSSR count). The van der Waals surface area contributed by atoms with Gasteiger partial charge in [-0.25, -0.2) is 9.18 Å². The summed E-state index contributed by atoms with van der Waals surface area (Å²) in [6, 6.07) is 2.84. The Hall–Kier alpha value is -2.31. The maximum atomic E-state index is 12.7. The van der Waals surface area contributed by atoms with E-state index in [4.69, 9.17) is 11.5 Å². The molecule has 1 aromatic carbocycles. The summed E-state index contributed by atoms with van der Waals surface area (Å²) in [6.45, 7) is 0.417. The molecule has 0 bridgehead atoms. The minimum atomic E-state index is -0.666. The summed E-state index contributed by atoms with van der Waals surface area (Å²) in [7, 11) is 0. The Morgan fingerprint density at radius 2 is 1.88 bits per heavy atom. The van der Waals surface area contributed by atoms with E-state index in [1.807, 2.05) is 0 Å². The van der Waals surface area contributed by atoms with Crippen LogP contribution >= 0.6 is 0 Å². The first-order valence-electron chi connectivity index (χ1n) is 4.87. The lowest BCUT2D eigenvalue weighted by atomic mass is 10.1. The Labute approximate surface area is 97.2 Å². The minimum Gasteiger partial charge on any atom is -0.398 e. The fourth-order valence-electron chi connectivity index (χ4n) is 1.20. The highest BCUT2D eigenvalue weighted by Gasteiger charge is 2.09. The van der Waals surface area contributed by atoms with Crippen molar-refractivity contribution in [2.24, 2.45) is 5.73 Å². The topological polar surface area (TPSA) is 110 Å². The molecule has 0 radical (unpaired) electrons. The van der Waals surface area contributed by atoms with Crippen LogP contribution < -0.4 is 22.1 Å². The number of nitrogen functional groups attached to an aromatic ring is 1. The van der Waals surface area contributed by atoms with Gasteiger partial charge in [0.15, 0.2) is 0 Å². The molecular weight excluding hydrogens is 227 g/mol. The van der Waals surface area contributed by atoms with Gasteiger partial charge in [-0.05, 0) is 18.2 Å². The number of hydrogen-bond donors (Lipinski definition) is 4. The van der Waals surface area contributed by atoms with Crippen LogP contribution in [0.4, 0.5) is 14.9 Å². The van der Waals surface area contributed by atoms with Gasteiger partial charge in [0, 0.05) is 18.8 Å². The van der Waals surface area contributed by atoms with Crippen molar-refractivity contribution in [2.75, 3.05) is 18.8 Å². The lowest BCUT2D eigenvalue weighted by Gasteiger charge is -2.07. The number of hydrogen-bond acceptors (Lipinski definition) is 3. The summed E-state index contributed by atoms with van der Waals surface area (Å²) in [4.78, 5) is 21.9. The summed E-state index contributed by atoms with van der Waals surface area (Å²) in [6.07, 6.45) is 0. The summed E-state index contributed by atoms with van der Waals surface area (Å²) >= 11 is 0. The molecular formula is C10H13FN4O2. The summed E-state index contributed by atoms with van der Waals surface area (Å²) in [5.74, 6) is -0.941. The molecule has 0 spiro atoms. The Balaban J connectivity index is 2.50. The lowest BCUT2D eigenvalue weighted by molar-refractivity contribution is 0.0954. The number of anilines is 1. The molecule has 0 saturated carbocycles. The maximum Gasteiger partial charge on any atom is 0.312 e. The largest absolute Gasteiger partial charge is 0.398 e. The van der Waals surface area contributed by atoms with Crippen molar-refractivity contribution in [1.29, 1.82) is 0 Å². The van der Waals surface area contributed by atoms with Gasteiger partial charge in [-0.1, -0.05) is 0 Å². The van der Waals surface area contributed by atoms with Gasteiger partial charge in [0.05, 0.1) is 5.56 Å². The van der Waals surface area contributed by atoms with Crippen LogP contribution in [0.2, 0.25) is 0 Å². The number of nitrogens with one attached hydrogen (secondary N) is 2. The molecule has 1 aromatic rings. The van der Waals surface area contributed by atoms with E-state index in [1.165, 1.54) is 6.07 Å². The van der Waals surface area contributed by atoms with Crippen molar-refractivity contribution >= 4 is 17.6 Å². The second kappa shape index (κ2) is 5.69. The minimum absolute atomic E-state index is 0.0605. The first-order chi connectivity index (χ1) is 8.00. The third kappa shape index (κ3) is 3.98. The number of rotatable bonds is 4. The third-order valence-corrected chi connectivity index (χ3v) is 1.97. The first-order valence-corrected chi connectivity index (χ1v) is 4.87. The second-order valence-electron chi connectivity index (χ2n) is 3.28. The molecule has 0 atom stereocenters. The van der Waals surface area contributed by atoms with E-state index in [-0.39, 0.29) is 24.3 Å². The molecule has 0 saturated heterocycles. The highest BCUT2D eigenvalue weighted by Crippen LogP contribution is 2.12. The second-order valence-corrected chi connectivity index (χ2v) is 3.28. The number of carbonyl (C=O) groups is 2. The Morgan fingerprint density at radius 3 is 2.47 bits per heavy atom. The Kier molecular flexibility index (Phi) is 4.27. The number of primary amides is 1. The van der Waals surface area contributed by atoms with Crippen molar-refractivity contribution < 1.29 is 14.0 Å². The molecule has 17 heavy (non-hydrogen) atoms. The van der Waals surface area contributed by atoms with Gasteiger partial charge >= 0.3 is 6.03 Å². The molecule has 0 aliphatic carbocycles. The molecule has 92 valence electrons. The maximum absolute atomic E-state index is 12.7. The van der Waals surface area contributed by atoms with Crippen LogP contribution in [0.25, 0.3) is 0 Å². The Morgan fingerprint density at radius 1 is 1.24 bits per heavy atom. The third-order valence-electron chi connectivity index (χ3n) is 1.97. The van der Waals surface area contributed by atoms with E-state index in [0.29, 0.717) is 0 Å². The molecule has 0 fully saturated rings. The van der Waals surface area contributed by atoms with E-state index in [1.54, 1.807) is 0 Å². The highest BCUT2D eigenvalue weighted by atomic mass is 19.1. The van der Waals surface area contributed by atoms with E-state index in [2.05, 4.69) is 10.6 Å². The fraction of sp³-hybridized carbons (Fsp3) is 0.200. The van der Waals surface area contributed by atoms with Crippen LogP contribution in [-0.2, 0) is 0 Å². The normalized spacial score (nSPS) is 9.71. The predicted octanol–water partition coefficient (Wildman–Crippen LogP) is -0.194. The van der Waals surface area contributed by atoms with Crippen LogP contribution in [0, 0.1) is 5.82 Å². The fourth-order valence-corrected chi connectivity index (χ4v) is 1.20. The number of urea groups is 1. The van der Waals surface area contributed by atoms with E-state index in [9.17, 15) is 14.0 Å². The van der Waals surface area contributed by atoms with Crippen molar-refractivity contribution in [1.82, 2.24) is 10.6 Å². The van der Waals surface area contributed by atoms with Gasteiger partial charge in [0.1, 0.15) is 5.82 Å². The smallest absolute Gasteiger partial charge is 0.312 e. The summed E-state index contributed by atoms with van der Waals surface area (Å²) in [5.41, 5.74) is 10.6. The predicted molar refractivity (Wildman–Crippen MR) is 60.7 cm³/mol. The molecule has 0 aliphatic heterocycles. The van der Waals surface area contributed by atoms with Gasteiger partial charge in [0.2, 0.25) is 0 Å². The Bertz CT molecular complexity index is 436. The zero-order valence-corrected chi connectivity index (χ0v) is 9.00. The van der Waals surface area contributed by atoms with Crippen LogP contribution in [0.5, 0.6) is 0 Å². The molecule has 3 amide bonds. The molecule has 6 N–H and O–H groups in total. The molecule has 0 aromatic heterocycles. The van der Waals surface area contributed by atoms with Crippen molar-refractivity contribution in [3.8, 4) is 0 Å². The van der Waals surface area contributed by atoms with Crippen molar-refractivity contribution in [2.45, 2.75) is 0 Å². The van der Waals surface area contributed by atoms with Gasteiger partial charge in [-0.3, -0.25) is 4.79 Å². The average Bonchev–Trinajstić information content (AvgIpc) is 2.23. The molecule has 0 unspecified atom stereocenters. The van der Waals surface area contributed by atoms with Crippen molar-refractivity contribution in [3.05, 3.63) is 29.6 Å². The number of carbonyl (C=O) groups excluding carboxylic acids is 2. The average molecular weight is 240 g/mol. The lowest BCUT2D eigenvalue weighted by Crippen LogP contribution is -2.37. The number of halogens is 1. The van der Waals surface area contributed by atoms with E-state index >= 15 is 0 Å². The van der Waals surface area contributed by atoms with E-state index < -0.39 is 17.8 Å². The zero-order valence-electron chi connectivity index (χ0n) is 9.00. The van der Waals surface area contributed by atoms with Crippen LogP contribution in [0.1, 0.15) is 10.4 Å². The van der Waals surface area contributed by atoms with E-state index in [0.717, 1.165) is 12.1 Å². The molecule has 0 aliphatic rings. The number of benzene rings is 1. The number of nitrogens with two attached hydrogens (primary N) is 2. The molecule has 6 nitrogen and oxygen atoms in total. The SMILES string of the molecule is NC(=O)NCCNC(=O)c1ccc(F)cc1N. The molecule has 7 heteroatoms. The molecule has 0 heterocycles. The summed E-state index contributed by atoms with van der Waals surface area (Å²) < 4.78 is 12.7. The van der Waals surface area contributed by atoms with Crippen LogP contribution in [0.3, 0.4) is 0 Å². The summed E-state index contributed by atoms with van der Waals surface area (Å²) in [5, 5.41) is 4.81. The van der Waals surface area contributed by atoms with Crippen LogP contribution in [0.15, 0.2) is 18.2 Å². The monoisotopic (exact) mass is 240 g/mol. The zero-order chi connectivity index (χ0) is 12.8.